The van der Waals surface area contributed by atoms with Crippen molar-refractivity contribution >= 4 is 40.3 Å². The molecule has 10 heteroatoms. The number of anilines is 1. The Bertz CT molecular complexity index is 1650. The maximum atomic E-state index is 14.3. The number of aromatic carboxylic acids is 1. The van der Waals surface area contributed by atoms with Crippen LogP contribution in [-0.4, -0.2) is 62.6 Å². The molecule has 0 radical (unpaired) electrons. The number of carbonyl (C=O) groups excluding carboxylic acids is 1. The first-order valence-electron chi connectivity index (χ1n) is 13.6. The van der Waals surface area contributed by atoms with Crippen molar-refractivity contribution < 1.29 is 19.1 Å². The summed E-state index contributed by atoms with van der Waals surface area (Å²) in [5, 5.41) is 10.4. The summed E-state index contributed by atoms with van der Waals surface area (Å²) in [5.74, 6) is -0.917. The van der Waals surface area contributed by atoms with E-state index in [9.17, 15) is 19.1 Å². The lowest BCUT2D eigenvalue weighted by molar-refractivity contribution is 0.0693. The predicted octanol–water partition coefficient (Wildman–Crippen LogP) is 6.31. The van der Waals surface area contributed by atoms with Crippen LogP contribution >= 0.6 is 11.6 Å². The lowest BCUT2D eigenvalue weighted by Crippen LogP contribution is -2.36. The van der Waals surface area contributed by atoms with E-state index in [1.165, 1.54) is 6.07 Å². The first kappa shape index (κ1) is 28.5. The van der Waals surface area contributed by atoms with Gasteiger partial charge in [-0.1, -0.05) is 17.7 Å². The molecule has 41 heavy (non-hydrogen) atoms. The minimum Gasteiger partial charge on any atom is -0.478 e. The largest absolute Gasteiger partial charge is 0.478 e. The van der Waals surface area contributed by atoms with E-state index in [0.29, 0.717) is 60.2 Å². The molecule has 1 aromatic carbocycles. The Balaban J connectivity index is 1.43. The lowest BCUT2D eigenvalue weighted by Gasteiger charge is -2.24. The molecule has 3 aromatic heterocycles. The number of amides is 1. The van der Waals surface area contributed by atoms with Crippen LogP contribution in [0.15, 0.2) is 42.6 Å². The molecule has 4 aromatic rings. The van der Waals surface area contributed by atoms with E-state index in [-0.39, 0.29) is 22.0 Å². The highest BCUT2D eigenvalue weighted by atomic mass is 35.5. The number of nitrogens with zero attached hydrogens (tertiary/aromatic N) is 5. The van der Waals surface area contributed by atoms with Gasteiger partial charge in [0, 0.05) is 48.9 Å². The van der Waals surface area contributed by atoms with Crippen LogP contribution in [0.5, 0.6) is 0 Å². The van der Waals surface area contributed by atoms with Crippen molar-refractivity contribution in [3.8, 4) is 11.1 Å². The third-order valence-electron chi connectivity index (χ3n) is 7.53. The van der Waals surface area contributed by atoms with Gasteiger partial charge >= 0.3 is 5.97 Å². The number of carboxylic acid groups (broad SMARTS) is 1. The average Bonchev–Trinajstić information content (AvgIpc) is 3.11. The number of rotatable bonds is 4. The van der Waals surface area contributed by atoms with Crippen LogP contribution in [0.25, 0.3) is 22.2 Å². The molecule has 0 saturated carbocycles. The van der Waals surface area contributed by atoms with Gasteiger partial charge in [-0.25, -0.2) is 19.2 Å². The van der Waals surface area contributed by atoms with Gasteiger partial charge in [-0.05, 0) is 82.5 Å². The summed E-state index contributed by atoms with van der Waals surface area (Å²) < 4.78 is 16.3. The normalized spacial score (nSPS) is 14.4. The van der Waals surface area contributed by atoms with Crippen LogP contribution in [0.4, 0.5) is 10.2 Å². The van der Waals surface area contributed by atoms with Crippen molar-refractivity contribution in [2.24, 2.45) is 0 Å². The number of aromatic nitrogens is 3. The summed E-state index contributed by atoms with van der Waals surface area (Å²) in [6, 6.07) is 10.1. The van der Waals surface area contributed by atoms with Gasteiger partial charge in [0.25, 0.3) is 5.91 Å². The fraction of sp³-hybridized carbons (Fsp3) is 0.355. The zero-order chi connectivity index (χ0) is 29.6. The summed E-state index contributed by atoms with van der Waals surface area (Å²) in [6.07, 6.45) is 2.68. The summed E-state index contributed by atoms with van der Waals surface area (Å²) >= 11 is 5.92. The molecule has 0 bridgehead atoms. The van der Waals surface area contributed by atoms with Crippen molar-refractivity contribution in [1.82, 2.24) is 19.4 Å². The highest BCUT2D eigenvalue weighted by Gasteiger charge is 2.26. The van der Waals surface area contributed by atoms with Gasteiger partial charge in [0.05, 0.1) is 16.3 Å². The molecule has 1 fully saturated rings. The van der Waals surface area contributed by atoms with E-state index in [2.05, 4.69) is 30.7 Å². The van der Waals surface area contributed by atoms with E-state index in [0.717, 1.165) is 17.4 Å². The van der Waals surface area contributed by atoms with Gasteiger partial charge in [0.2, 0.25) is 0 Å². The monoisotopic (exact) mass is 577 g/mol. The minimum atomic E-state index is -0.985. The first-order valence-corrected chi connectivity index (χ1v) is 14.0. The molecule has 0 unspecified atom stereocenters. The van der Waals surface area contributed by atoms with Crippen LogP contribution in [0.3, 0.4) is 0 Å². The molecule has 0 spiro atoms. The van der Waals surface area contributed by atoms with Gasteiger partial charge in [0.15, 0.2) is 0 Å². The van der Waals surface area contributed by atoms with Gasteiger partial charge in [-0.15, -0.1) is 0 Å². The third-order valence-corrected chi connectivity index (χ3v) is 7.84. The van der Waals surface area contributed by atoms with E-state index in [1.807, 2.05) is 16.8 Å². The van der Waals surface area contributed by atoms with Crippen molar-refractivity contribution in [3.63, 3.8) is 0 Å². The minimum absolute atomic E-state index is 0.0636. The fourth-order valence-electron chi connectivity index (χ4n) is 5.43. The molecular formula is C31H33ClFN5O3. The molecule has 0 aliphatic carbocycles. The molecule has 1 saturated heterocycles. The molecule has 1 N–H and O–H groups in total. The molecule has 214 valence electrons. The van der Waals surface area contributed by atoms with Crippen LogP contribution in [0, 0.1) is 19.7 Å². The number of aryl methyl sites for hydroxylation is 2. The van der Waals surface area contributed by atoms with Crippen LogP contribution in [0.2, 0.25) is 5.02 Å². The molecule has 4 heterocycles. The highest BCUT2D eigenvalue weighted by molar-refractivity contribution is 6.30. The summed E-state index contributed by atoms with van der Waals surface area (Å²) in [4.78, 5) is 38.5. The molecule has 1 amide bonds. The fourth-order valence-corrected chi connectivity index (χ4v) is 5.55. The van der Waals surface area contributed by atoms with Gasteiger partial charge in [-0.3, -0.25) is 4.79 Å². The van der Waals surface area contributed by atoms with Crippen molar-refractivity contribution in [2.75, 3.05) is 31.1 Å². The van der Waals surface area contributed by atoms with E-state index in [1.54, 1.807) is 43.0 Å². The van der Waals surface area contributed by atoms with Crippen molar-refractivity contribution in [1.29, 1.82) is 0 Å². The predicted molar refractivity (Wildman–Crippen MR) is 159 cm³/mol. The second-order valence-corrected chi connectivity index (χ2v) is 11.9. The molecular weight excluding hydrogens is 545 g/mol. The Labute approximate surface area is 243 Å². The molecule has 1 aliphatic heterocycles. The van der Waals surface area contributed by atoms with Crippen molar-refractivity contribution in [2.45, 2.75) is 46.6 Å². The topological polar surface area (TPSA) is 91.6 Å². The number of fused-ring (bicyclic) bond motifs is 1. The number of pyridine rings is 2. The Morgan fingerprint density at radius 3 is 2.41 bits per heavy atom. The summed E-state index contributed by atoms with van der Waals surface area (Å²) in [6.45, 7) is 12.0. The standard InChI is InChI=1S/C31H33ClFN5O3/c1-18-15-26(34-19(2)27(18)30(40)41)36-11-6-12-37(14-13-36)29(39)25-10-8-21-22(20-7-9-23(32)24(33)16-20)17-38(28(21)35-25)31(3,4)5/h7-10,15-17H,6,11-14H2,1-5H3,(H,40,41). The van der Waals surface area contributed by atoms with Crippen LogP contribution in [-0.2, 0) is 5.54 Å². The molecule has 0 atom stereocenters. The Morgan fingerprint density at radius 2 is 1.76 bits per heavy atom. The number of hydrogen-bond donors (Lipinski definition) is 1. The SMILES string of the molecule is Cc1cc(N2CCCN(C(=O)c3ccc4c(-c5ccc(Cl)c(F)c5)cn(C(C)(C)C)c4n3)CC2)nc(C)c1C(=O)O. The zero-order valence-corrected chi connectivity index (χ0v) is 24.6. The van der Waals surface area contributed by atoms with Crippen LogP contribution < -0.4 is 4.90 Å². The Hall–Kier alpha value is -3.98. The van der Waals surface area contributed by atoms with Gasteiger partial charge < -0.3 is 19.5 Å². The smallest absolute Gasteiger partial charge is 0.337 e. The quantitative estimate of drug-likeness (QED) is 0.305. The van der Waals surface area contributed by atoms with Crippen LogP contribution in [0.1, 0.15) is 59.3 Å². The molecule has 5 rings (SSSR count). The number of hydrogen-bond acceptors (Lipinski definition) is 5. The number of carbonyl (C=O) groups is 2. The molecule has 1 aliphatic rings. The first-order chi connectivity index (χ1) is 19.3. The van der Waals surface area contributed by atoms with E-state index >= 15 is 0 Å². The lowest BCUT2D eigenvalue weighted by atomic mass is 10.1. The zero-order valence-electron chi connectivity index (χ0n) is 23.8. The number of carboxylic acids is 1. The third kappa shape index (κ3) is 5.51. The summed E-state index contributed by atoms with van der Waals surface area (Å²) in [5.41, 5.74) is 3.53. The average molecular weight is 578 g/mol. The molecule has 8 nitrogen and oxygen atoms in total. The second-order valence-electron chi connectivity index (χ2n) is 11.5. The van der Waals surface area contributed by atoms with E-state index < -0.39 is 11.8 Å². The summed E-state index contributed by atoms with van der Waals surface area (Å²) in [7, 11) is 0. The van der Waals surface area contributed by atoms with Crippen molar-refractivity contribution in [3.05, 3.63) is 75.9 Å². The number of halogens is 2. The van der Waals surface area contributed by atoms with Gasteiger partial charge in [-0.2, -0.15) is 0 Å². The van der Waals surface area contributed by atoms with E-state index in [4.69, 9.17) is 16.6 Å². The maximum absolute atomic E-state index is 14.3. The highest BCUT2D eigenvalue weighted by Crippen LogP contribution is 2.35. The Morgan fingerprint density at radius 1 is 1.00 bits per heavy atom. The second kappa shape index (κ2) is 10.8. The number of benzene rings is 1. The maximum Gasteiger partial charge on any atom is 0.337 e. The van der Waals surface area contributed by atoms with Gasteiger partial charge in [0.1, 0.15) is 23.0 Å². The Kier molecular flexibility index (Phi) is 7.50.